The van der Waals surface area contributed by atoms with Crippen LogP contribution in [0, 0.1) is 11.8 Å². The van der Waals surface area contributed by atoms with E-state index >= 15 is 0 Å². The van der Waals surface area contributed by atoms with Crippen LogP contribution in [0.4, 0.5) is 5.82 Å². The van der Waals surface area contributed by atoms with Crippen LogP contribution in [0.5, 0.6) is 0 Å². The van der Waals surface area contributed by atoms with Gasteiger partial charge in [-0.1, -0.05) is 26.2 Å². The Bertz CT molecular complexity index is 529. The maximum Gasteiger partial charge on any atom is 0.199 e. The first-order valence-electron chi connectivity index (χ1n) is 7.12. The molecule has 2 aromatic heterocycles. The van der Waals surface area contributed by atoms with Crippen molar-refractivity contribution in [2.24, 2.45) is 11.8 Å². The van der Waals surface area contributed by atoms with E-state index < -0.39 is 0 Å². The molecule has 1 aliphatic carbocycles. The number of tetrazole rings is 1. The molecular weight excluding hydrogens is 240 g/mol. The molecule has 0 radical (unpaired) electrons. The normalized spacial score (nSPS) is 23.6. The smallest absolute Gasteiger partial charge is 0.199 e. The van der Waals surface area contributed by atoms with Gasteiger partial charge in [0.25, 0.3) is 0 Å². The fourth-order valence-corrected chi connectivity index (χ4v) is 2.89. The lowest BCUT2D eigenvalue weighted by molar-refractivity contribution is 0.278. The summed E-state index contributed by atoms with van der Waals surface area (Å²) < 4.78 is 1.70. The number of nitrogens with zero attached hydrogens (tertiary/aromatic N) is 5. The van der Waals surface area contributed by atoms with Gasteiger partial charge in [0.2, 0.25) is 0 Å². The number of fused-ring (bicyclic) bond motifs is 1. The van der Waals surface area contributed by atoms with Gasteiger partial charge in [-0.25, -0.2) is 0 Å². The van der Waals surface area contributed by atoms with Gasteiger partial charge in [0.05, 0.1) is 12.4 Å². The number of nitrogens with one attached hydrogen (secondary N) is 1. The fraction of sp³-hybridized carbons (Fsp3) is 0.692. The molecule has 1 saturated carbocycles. The van der Waals surface area contributed by atoms with Gasteiger partial charge in [-0.2, -0.15) is 4.52 Å². The Morgan fingerprint density at radius 1 is 1.21 bits per heavy atom. The van der Waals surface area contributed by atoms with Crippen molar-refractivity contribution in [3.8, 4) is 0 Å². The van der Waals surface area contributed by atoms with Crippen LogP contribution in [-0.4, -0.2) is 31.6 Å². The molecule has 2 heterocycles. The zero-order valence-electron chi connectivity index (χ0n) is 11.3. The van der Waals surface area contributed by atoms with E-state index in [0.29, 0.717) is 5.65 Å². The molecular formula is C13H20N6. The van der Waals surface area contributed by atoms with Gasteiger partial charge in [-0.3, -0.25) is 4.98 Å². The van der Waals surface area contributed by atoms with Crippen molar-refractivity contribution in [3.63, 3.8) is 0 Å². The molecule has 0 aromatic carbocycles. The average Bonchev–Trinajstić information content (AvgIpc) is 2.94. The highest BCUT2D eigenvalue weighted by atomic mass is 15.5. The summed E-state index contributed by atoms with van der Waals surface area (Å²) in [5, 5.41) is 15.0. The van der Waals surface area contributed by atoms with Crippen LogP contribution in [0.2, 0.25) is 0 Å². The summed E-state index contributed by atoms with van der Waals surface area (Å²) in [4.78, 5) is 4.15. The van der Waals surface area contributed by atoms with Gasteiger partial charge in [0, 0.05) is 6.54 Å². The predicted octanol–water partition coefficient (Wildman–Crippen LogP) is 2.15. The molecule has 0 amide bonds. The second-order valence-corrected chi connectivity index (χ2v) is 5.42. The summed E-state index contributed by atoms with van der Waals surface area (Å²) in [6, 6.07) is 0. The van der Waals surface area contributed by atoms with Crippen LogP contribution < -0.4 is 5.32 Å². The molecule has 0 bridgehead atoms. The van der Waals surface area contributed by atoms with E-state index in [1.807, 2.05) is 0 Å². The number of aromatic nitrogens is 5. The second kappa shape index (κ2) is 5.50. The van der Waals surface area contributed by atoms with Crippen LogP contribution in [0.3, 0.4) is 0 Å². The van der Waals surface area contributed by atoms with Gasteiger partial charge >= 0.3 is 0 Å². The largest absolute Gasteiger partial charge is 0.368 e. The highest BCUT2D eigenvalue weighted by Crippen LogP contribution is 2.30. The standard InChI is InChI=1S/C13H20N6/c1-2-10-3-5-11(6-4-10)7-15-12-8-14-9-13-16-17-18-19(12)13/h8-11,15H,2-7H2,1H3. The molecule has 3 rings (SSSR count). The van der Waals surface area contributed by atoms with Crippen molar-refractivity contribution in [2.75, 3.05) is 11.9 Å². The number of anilines is 1. The number of hydrogen-bond donors (Lipinski definition) is 1. The number of hydrogen-bond acceptors (Lipinski definition) is 5. The van der Waals surface area contributed by atoms with Crippen LogP contribution in [0.15, 0.2) is 12.4 Å². The molecule has 1 aliphatic rings. The van der Waals surface area contributed by atoms with Crippen molar-refractivity contribution in [2.45, 2.75) is 39.0 Å². The fourth-order valence-electron chi connectivity index (χ4n) is 2.89. The van der Waals surface area contributed by atoms with E-state index in [1.165, 1.54) is 32.1 Å². The third-order valence-corrected chi connectivity index (χ3v) is 4.22. The van der Waals surface area contributed by atoms with Gasteiger partial charge in [0.1, 0.15) is 5.82 Å². The van der Waals surface area contributed by atoms with E-state index in [2.05, 4.69) is 32.7 Å². The summed E-state index contributed by atoms with van der Waals surface area (Å²) in [5.41, 5.74) is 0.680. The summed E-state index contributed by atoms with van der Waals surface area (Å²) in [5.74, 6) is 2.58. The molecule has 0 unspecified atom stereocenters. The second-order valence-electron chi connectivity index (χ2n) is 5.42. The van der Waals surface area contributed by atoms with Gasteiger partial charge in [-0.15, -0.1) is 5.10 Å². The Morgan fingerprint density at radius 3 is 2.79 bits per heavy atom. The highest BCUT2D eigenvalue weighted by Gasteiger charge is 2.19. The van der Waals surface area contributed by atoms with Crippen LogP contribution in [0.25, 0.3) is 5.65 Å². The first-order valence-corrected chi connectivity index (χ1v) is 7.12. The molecule has 2 aromatic rings. The minimum atomic E-state index is 0.680. The molecule has 19 heavy (non-hydrogen) atoms. The van der Waals surface area contributed by atoms with E-state index in [1.54, 1.807) is 16.9 Å². The Kier molecular flexibility index (Phi) is 3.57. The molecule has 1 N–H and O–H groups in total. The maximum absolute atomic E-state index is 4.15. The number of rotatable bonds is 4. The third kappa shape index (κ3) is 2.67. The lowest BCUT2D eigenvalue weighted by atomic mass is 9.81. The van der Waals surface area contributed by atoms with E-state index in [-0.39, 0.29) is 0 Å². The SMILES string of the molecule is CCC1CCC(CNc2cncc3nnnn23)CC1. The highest BCUT2D eigenvalue weighted by molar-refractivity contribution is 5.43. The Morgan fingerprint density at radius 2 is 2.00 bits per heavy atom. The lowest BCUT2D eigenvalue weighted by Gasteiger charge is -2.28. The monoisotopic (exact) mass is 260 g/mol. The Hall–Kier alpha value is -1.72. The van der Waals surface area contributed by atoms with E-state index in [4.69, 9.17) is 0 Å². The summed E-state index contributed by atoms with van der Waals surface area (Å²) in [7, 11) is 0. The third-order valence-electron chi connectivity index (χ3n) is 4.22. The first-order chi connectivity index (χ1) is 9.36. The Labute approximate surface area is 112 Å². The zero-order valence-corrected chi connectivity index (χ0v) is 11.3. The Balaban J connectivity index is 1.59. The quantitative estimate of drug-likeness (QED) is 0.912. The van der Waals surface area contributed by atoms with Crippen molar-refractivity contribution in [1.29, 1.82) is 0 Å². The van der Waals surface area contributed by atoms with Gasteiger partial charge in [-0.05, 0) is 35.1 Å². The molecule has 1 fully saturated rings. The average molecular weight is 260 g/mol. The summed E-state index contributed by atoms with van der Waals surface area (Å²) >= 11 is 0. The van der Waals surface area contributed by atoms with Gasteiger partial charge in [0.15, 0.2) is 5.65 Å². The van der Waals surface area contributed by atoms with Crippen molar-refractivity contribution >= 4 is 11.5 Å². The molecule has 0 spiro atoms. The van der Waals surface area contributed by atoms with Crippen LogP contribution in [0.1, 0.15) is 39.0 Å². The van der Waals surface area contributed by atoms with E-state index in [0.717, 1.165) is 24.2 Å². The van der Waals surface area contributed by atoms with Crippen LogP contribution >= 0.6 is 0 Å². The minimum Gasteiger partial charge on any atom is -0.368 e. The minimum absolute atomic E-state index is 0.680. The zero-order chi connectivity index (χ0) is 13.1. The van der Waals surface area contributed by atoms with Crippen LogP contribution in [-0.2, 0) is 0 Å². The summed E-state index contributed by atoms with van der Waals surface area (Å²) in [6.07, 6.45) is 10.2. The predicted molar refractivity (Wildman–Crippen MR) is 72.8 cm³/mol. The molecule has 0 atom stereocenters. The molecule has 6 heteroatoms. The molecule has 0 saturated heterocycles. The first kappa shape index (κ1) is 12.3. The summed E-state index contributed by atoms with van der Waals surface area (Å²) in [6.45, 7) is 3.28. The van der Waals surface area contributed by atoms with E-state index in [9.17, 15) is 0 Å². The molecule has 0 aliphatic heterocycles. The lowest BCUT2D eigenvalue weighted by Crippen LogP contribution is -2.21. The maximum atomic E-state index is 4.15. The van der Waals surface area contributed by atoms with Crippen molar-refractivity contribution in [3.05, 3.63) is 12.4 Å². The molecule has 102 valence electrons. The topological polar surface area (TPSA) is 68.0 Å². The molecule has 6 nitrogen and oxygen atoms in total. The van der Waals surface area contributed by atoms with Crippen molar-refractivity contribution in [1.82, 2.24) is 25.0 Å². The van der Waals surface area contributed by atoms with Gasteiger partial charge < -0.3 is 5.32 Å². The van der Waals surface area contributed by atoms with Crippen molar-refractivity contribution < 1.29 is 0 Å².